The number of aliphatic imine (C=N–C) groups is 1. The van der Waals surface area contributed by atoms with Gasteiger partial charge in [0, 0.05) is 11.3 Å². The predicted octanol–water partition coefficient (Wildman–Crippen LogP) is 5.28. The van der Waals surface area contributed by atoms with Gasteiger partial charge in [-0.05, 0) is 42.2 Å². The maximum atomic E-state index is 13.6. The van der Waals surface area contributed by atoms with Crippen molar-refractivity contribution in [1.29, 1.82) is 0 Å². The monoisotopic (exact) mass is 559 g/mol. The molecule has 0 saturated heterocycles. The number of rotatable bonds is 10. The lowest BCUT2D eigenvalue weighted by atomic mass is 9.91. The molecule has 3 heterocycles. The van der Waals surface area contributed by atoms with Gasteiger partial charge in [-0.3, -0.25) is 4.79 Å². The number of carbonyl (C=O) groups excluding carboxylic acids is 2. The fourth-order valence-electron chi connectivity index (χ4n) is 4.65. The van der Waals surface area contributed by atoms with E-state index in [1.165, 1.54) is 11.8 Å². The Kier molecular flexibility index (Phi) is 8.26. The summed E-state index contributed by atoms with van der Waals surface area (Å²) in [4.78, 5) is 33.5. The summed E-state index contributed by atoms with van der Waals surface area (Å²) < 4.78 is 21.9. The Bertz CT molecular complexity index is 1480. The Morgan fingerprint density at radius 1 is 1.05 bits per heavy atom. The molecule has 0 radical (unpaired) electrons. The summed E-state index contributed by atoms with van der Waals surface area (Å²) in [6.45, 7) is 2.24. The van der Waals surface area contributed by atoms with Gasteiger partial charge in [0.2, 0.25) is 5.91 Å². The lowest BCUT2D eigenvalue weighted by Crippen LogP contribution is -2.38. The van der Waals surface area contributed by atoms with Crippen molar-refractivity contribution in [3.8, 4) is 11.5 Å². The fraction of sp³-hybridized carbons (Fsp3) is 0.233. The topological polar surface area (TPSA) is 103 Å². The molecular formula is C30H29N3O6S. The summed E-state index contributed by atoms with van der Waals surface area (Å²) in [6.07, 6.45) is 1.64. The van der Waals surface area contributed by atoms with Crippen molar-refractivity contribution < 1.29 is 28.2 Å². The van der Waals surface area contributed by atoms with Gasteiger partial charge in [-0.1, -0.05) is 48.2 Å². The molecule has 3 aromatic rings. The number of methoxy groups -OCH3 is 2. The molecule has 0 saturated carbocycles. The van der Waals surface area contributed by atoms with E-state index < -0.39 is 12.0 Å². The Balaban J connectivity index is 1.59. The maximum absolute atomic E-state index is 13.6. The molecule has 10 heteroatoms. The molecular weight excluding hydrogens is 530 g/mol. The number of ether oxygens (including phenoxy) is 3. The highest BCUT2D eigenvalue weighted by Crippen LogP contribution is 2.48. The van der Waals surface area contributed by atoms with Crippen molar-refractivity contribution >= 4 is 34.5 Å². The van der Waals surface area contributed by atoms with Crippen molar-refractivity contribution in [1.82, 2.24) is 10.2 Å². The summed E-state index contributed by atoms with van der Waals surface area (Å²) in [6, 6.07) is 18.0. The largest absolute Gasteiger partial charge is 0.493 e. The molecule has 2 aliphatic heterocycles. The van der Waals surface area contributed by atoms with Gasteiger partial charge >= 0.3 is 5.97 Å². The third-order valence-electron chi connectivity index (χ3n) is 6.46. The summed E-state index contributed by atoms with van der Waals surface area (Å²) >= 11 is 1.41. The Hall–Kier alpha value is -4.44. The van der Waals surface area contributed by atoms with E-state index in [0.717, 1.165) is 11.1 Å². The van der Waals surface area contributed by atoms with Crippen LogP contribution < -0.4 is 14.8 Å². The zero-order valence-corrected chi connectivity index (χ0v) is 23.2. The summed E-state index contributed by atoms with van der Waals surface area (Å²) in [7, 11) is 3.13. The van der Waals surface area contributed by atoms with E-state index >= 15 is 0 Å². The van der Waals surface area contributed by atoms with Crippen LogP contribution in [0.15, 0.2) is 93.0 Å². The van der Waals surface area contributed by atoms with Gasteiger partial charge in [-0.25, -0.2) is 9.79 Å². The van der Waals surface area contributed by atoms with Gasteiger partial charge in [-0.2, -0.15) is 0 Å². The summed E-state index contributed by atoms with van der Waals surface area (Å²) in [5, 5.41) is 5.45. The first-order valence-corrected chi connectivity index (χ1v) is 13.6. The van der Waals surface area contributed by atoms with Crippen LogP contribution in [-0.4, -0.2) is 42.8 Å². The minimum atomic E-state index is -0.638. The number of fused-ring (bicyclic) bond motifs is 1. The van der Waals surface area contributed by atoms with Crippen LogP contribution in [0.1, 0.15) is 36.3 Å². The minimum absolute atomic E-state index is 0.0767. The smallest absolute Gasteiger partial charge is 0.338 e. The summed E-state index contributed by atoms with van der Waals surface area (Å²) in [5.74, 6) is 1.06. The Morgan fingerprint density at radius 2 is 1.85 bits per heavy atom. The van der Waals surface area contributed by atoms with Crippen LogP contribution in [0.25, 0.3) is 5.70 Å². The number of amides is 1. The number of amidine groups is 1. The molecule has 0 fully saturated rings. The molecule has 0 aliphatic carbocycles. The molecule has 0 spiro atoms. The van der Waals surface area contributed by atoms with E-state index in [-0.39, 0.29) is 25.5 Å². The van der Waals surface area contributed by atoms with E-state index in [4.69, 9.17) is 23.6 Å². The second-order valence-electron chi connectivity index (χ2n) is 8.89. The molecule has 1 aromatic heterocycles. The van der Waals surface area contributed by atoms with Gasteiger partial charge in [-0.15, -0.1) is 0 Å². The van der Waals surface area contributed by atoms with Gasteiger partial charge < -0.3 is 28.8 Å². The SMILES string of the molecule is CCOC(=O)C1=C(c2ccccc2)N=C2SC=C(CC(=O)NCc3ccco3)N2[C@H]1c1ccc(OC)c(OC)c1. The van der Waals surface area contributed by atoms with Crippen LogP contribution >= 0.6 is 11.8 Å². The molecule has 2 aliphatic rings. The minimum Gasteiger partial charge on any atom is -0.493 e. The molecule has 1 amide bonds. The maximum Gasteiger partial charge on any atom is 0.338 e. The number of hydrogen-bond acceptors (Lipinski definition) is 9. The fourth-order valence-corrected chi connectivity index (χ4v) is 5.57. The van der Waals surface area contributed by atoms with Crippen LogP contribution in [0, 0.1) is 0 Å². The first kappa shape index (κ1) is 27.1. The molecule has 9 nitrogen and oxygen atoms in total. The second-order valence-corrected chi connectivity index (χ2v) is 9.73. The quantitative estimate of drug-likeness (QED) is 0.335. The lowest BCUT2D eigenvalue weighted by Gasteiger charge is -2.37. The van der Waals surface area contributed by atoms with Crippen LogP contribution in [0.2, 0.25) is 0 Å². The number of nitrogens with zero attached hydrogens (tertiary/aromatic N) is 2. The van der Waals surface area contributed by atoms with Crippen molar-refractivity contribution in [2.75, 3.05) is 20.8 Å². The predicted molar refractivity (Wildman–Crippen MR) is 152 cm³/mol. The highest BCUT2D eigenvalue weighted by atomic mass is 32.2. The Labute approximate surface area is 236 Å². The number of carbonyl (C=O) groups is 2. The summed E-state index contributed by atoms with van der Waals surface area (Å²) in [5.41, 5.74) is 3.14. The third-order valence-corrected chi connectivity index (χ3v) is 7.35. The van der Waals surface area contributed by atoms with Crippen LogP contribution in [0.3, 0.4) is 0 Å². The molecule has 5 rings (SSSR count). The van der Waals surface area contributed by atoms with Gasteiger partial charge in [0.25, 0.3) is 0 Å². The number of benzene rings is 2. The zero-order chi connectivity index (χ0) is 28.1. The highest BCUT2D eigenvalue weighted by molar-refractivity contribution is 8.16. The molecule has 206 valence electrons. The van der Waals surface area contributed by atoms with Crippen LogP contribution in [0.4, 0.5) is 0 Å². The molecule has 0 unspecified atom stereocenters. The molecule has 0 bridgehead atoms. The van der Waals surface area contributed by atoms with Gasteiger partial charge in [0.15, 0.2) is 16.7 Å². The van der Waals surface area contributed by atoms with Crippen molar-refractivity contribution in [2.24, 2.45) is 4.99 Å². The molecule has 40 heavy (non-hydrogen) atoms. The normalized spacial score (nSPS) is 16.2. The average molecular weight is 560 g/mol. The van der Waals surface area contributed by atoms with Gasteiger partial charge in [0.05, 0.1) is 57.4 Å². The number of hydrogen-bond donors (Lipinski definition) is 1. The van der Waals surface area contributed by atoms with E-state index in [2.05, 4.69) is 5.32 Å². The molecule has 2 aromatic carbocycles. The van der Waals surface area contributed by atoms with E-state index in [0.29, 0.717) is 39.4 Å². The second kappa shape index (κ2) is 12.2. The lowest BCUT2D eigenvalue weighted by molar-refractivity contribution is -0.139. The highest BCUT2D eigenvalue weighted by Gasteiger charge is 2.42. The Morgan fingerprint density at radius 3 is 2.55 bits per heavy atom. The van der Waals surface area contributed by atoms with Crippen LogP contribution in [0.5, 0.6) is 11.5 Å². The van der Waals surface area contributed by atoms with Gasteiger partial charge in [0.1, 0.15) is 5.76 Å². The average Bonchev–Trinajstić information content (AvgIpc) is 3.65. The third kappa shape index (κ3) is 5.48. The van der Waals surface area contributed by atoms with E-state index in [1.54, 1.807) is 45.6 Å². The van der Waals surface area contributed by atoms with E-state index in [1.807, 2.05) is 52.8 Å². The first-order chi connectivity index (χ1) is 19.5. The molecule has 1 atom stereocenters. The number of esters is 1. The number of nitrogens with one attached hydrogen (secondary N) is 1. The number of furan rings is 1. The zero-order valence-electron chi connectivity index (χ0n) is 22.4. The standard InChI is InChI=1S/C30H29N3O6S/c1-4-38-29(35)26-27(19-9-6-5-7-10-19)32-30-33(28(26)20-12-13-23(36-2)24(15-20)37-3)21(18-40-30)16-25(34)31-17-22-11-8-14-39-22/h5-15,18,28H,4,16-17H2,1-3H3,(H,31,34)/t28-/m0/s1. The van der Waals surface area contributed by atoms with Crippen molar-refractivity contribution in [2.45, 2.75) is 25.9 Å². The van der Waals surface area contributed by atoms with Crippen molar-refractivity contribution in [3.63, 3.8) is 0 Å². The first-order valence-electron chi connectivity index (χ1n) is 12.7. The van der Waals surface area contributed by atoms with Crippen molar-refractivity contribution in [3.05, 3.63) is 100 Å². The molecule has 1 N–H and O–H groups in total. The van der Waals surface area contributed by atoms with Crippen LogP contribution in [-0.2, 0) is 20.9 Å². The van der Waals surface area contributed by atoms with E-state index in [9.17, 15) is 9.59 Å². The number of thioether (sulfide) groups is 1.